The van der Waals surface area contributed by atoms with Gasteiger partial charge in [-0.1, -0.05) is 11.6 Å². The summed E-state index contributed by atoms with van der Waals surface area (Å²) < 4.78 is 44.8. The van der Waals surface area contributed by atoms with Crippen molar-refractivity contribution in [3.05, 3.63) is 47.0 Å². The molecular formula is C20H21ClN2O6S. The van der Waals surface area contributed by atoms with Crippen LogP contribution in [0.5, 0.6) is 11.5 Å². The Morgan fingerprint density at radius 2 is 1.90 bits per heavy atom. The van der Waals surface area contributed by atoms with Gasteiger partial charge in [0.25, 0.3) is 15.9 Å². The smallest absolute Gasteiger partial charge is 0.267 e. The highest BCUT2D eigenvalue weighted by Crippen LogP contribution is 2.35. The van der Waals surface area contributed by atoms with Gasteiger partial charge in [0.2, 0.25) is 6.10 Å². The summed E-state index contributed by atoms with van der Waals surface area (Å²) >= 11 is 5.93. The first-order valence-electron chi connectivity index (χ1n) is 9.42. The lowest BCUT2D eigenvalue weighted by Gasteiger charge is -2.32. The molecule has 160 valence electrons. The molecule has 0 unspecified atom stereocenters. The number of carbonyl (C=O) groups is 1. The van der Waals surface area contributed by atoms with E-state index < -0.39 is 16.1 Å². The molecule has 0 radical (unpaired) electrons. The summed E-state index contributed by atoms with van der Waals surface area (Å²) in [6.07, 6.45) is -0.770. The third-order valence-corrected chi connectivity index (χ3v) is 6.51. The fourth-order valence-electron chi connectivity index (χ4n) is 3.27. The maximum absolute atomic E-state index is 12.8. The number of hydrogen-bond donors (Lipinski definition) is 1. The number of fused-ring (bicyclic) bond motifs is 1. The second-order valence-corrected chi connectivity index (χ2v) is 9.15. The number of amides is 1. The van der Waals surface area contributed by atoms with Gasteiger partial charge in [0, 0.05) is 24.2 Å². The van der Waals surface area contributed by atoms with Crippen LogP contribution in [0.15, 0.2) is 41.3 Å². The Morgan fingerprint density at radius 1 is 1.13 bits per heavy atom. The largest absolute Gasteiger partial charge is 0.485 e. The topological polar surface area (TPSA) is 94.2 Å². The number of morpholine rings is 1. The number of nitrogens with one attached hydrogen (secondary N) is 1. The minimum Gasteiger partial charge on any atom is -0.485 e. The summed E-state index contributed by atoms with van der Waals surface area (Å²) in [6, 6.07) is 9.19. The third-order valence-electron chi connectivity index (χ3n) is 4.92. The summed E-state index contributed by atoms with van der Waals surface area (Å²) in [5.41, 5.74) is 1.14. The zero-order valence-corrected chi connectivity index (χ0v) is 17.8. The summed E-state index contributed by atoms with van der Waals surface area (Å²) in [5.74, 6) is 0.437. The van der Waals surface area contributed by atoms with Gasteiger partial charge in [-0.15, -0.1) is 0 Å². The molecule has 1 N–H and O–H groups in total. The molecule has 8 nitrogen and oxygen atoms in total. The first kappa shape index (κ1) is 20.8. The van der Waals surface area contributed by atoms with Gasteiger partial charge in [-0.25, -0.2) is 8.42 Å². The Balaban J connectivity index is 1.50. The van der Waals surface area contributed by atoms with E-state index in [2.05, 4.69) is 4.72 Å². The minimum absolute atomic E-state index is 0.0103. The second kappa shape index (κ2) is 8.33. The van der Waals surface area contributed by atoms with Gasteiger partial charge in [0.1, 0.15) is 6.61 Å². The van der Waals surface area contributed by atoms with Crippen molar-refractivity contribution in [2.75, 3.05) is 37.6 Å². The van der Waals surface area contributed by atoms with Crippen molar-refractivity contribution in [1.82, 2.24) is 4.90 Å². The number of rotatable bonds is 4. The van der Waals surface area contributed by atoms with Gasteiger partial charge >= 0.3 is 0 Å². The van der Waals surface area contributed by atoms with Crippen molar-refractivity contribution >= 4 is 33.2 Å². The average Bonchev–Trinajstić information content (AvgIpc) is 2.75. The van der Waals surface area contributed by atoms with Crippen molar-refractivity contribution in [3.8, 4) is 11.5 Å². The van der Waals surface area contributed by atoms with Gasteiger partial charge in [-0.05, 0) is 42.8 Å². The second-order valence-electron chi connectivity index (χ2n) is 7.03. The molecule has 30 heavy (non-hydrogen) atoms. The maximum atomic E-state index is 12.8. The van der Waals surface area contributed by atoms with E-state index in [1.807, 2.05) is 0 Å². The summed E-state index contributed by atoms with van der Waals surface area (Å²) in [6.45, 7) is 3.79. The van der Waals surface area contributed by atoms with Crippen LogP contribution in [0, 0.1) is 6.92 Å². The van der Waals surface area contributed by atoms with E-state index in [1.165, 1.54) is 18.2 Å². The molecule has 0 aromatic heterocycles. The molecule has 2 heterocycles. The molecule has 0 spiro atoms. The lowest BCUT2D eigenvalue weighted by atomic mass is 10.2. The molecule has 1 saturated heterocycles. The molecule has 1 amide bonds. The number of hydrogen-bond acceptors (Lipinski definition) is 6. The van der Waals surface area contributed by atoms with Gasteiger partial charge < -0.3 is 19.1 Å². The molecule has 4 rings (SSSR count). The van der Waals surface area contributed by atoms with Crippen LogP contribution in [-0.4, -0.2) is 58.2 Å². The zero-order chi connectivity index (χ0) is 21.3. The summed E-state index contributed by atoms with van der Waals surface area (Å²) in [7, 11) is -3.85. The van der Waals surface area contributed by atoms with Crippen LogP contribution >= 0.6 is 11.6 Å². The molecule has 2 aliphatic heterocycles. The highest BCUT2D eigenvalue weighted by atomic mass is 35.5. The number of benzene rings is 2. The molecule has 1 atom stereocenters. The normalized spacial score (nSPS) is 18.7. The molecule has 0 bridgehead atoms. The van der Waals surface area contributed by atoms with Gasteiger partial charge in [-0.2, -0.15) is 0 Å². The number of nitrogens with zero attached hydrogens (tertiary/aromatic N) is 1. The third kappa shape index (κ3) is 4.33. The standard InChI is InChI=1S/C20H21ClN2O6S/c1-13-10-14(21)2-4-16(13)22-30(25,26)15-3-5-17-18(11-15)28-12-19(29-17)20(24)23-6-8-27-9-7-23/h2-5,10-11,19,22H,6-9,12H2,1H3/t19-/m0/s1. The highest BCUT2D eigenvalue weighted by Gasteiger charge is 2.32. The molecule has 2 aromatic carbocycles. The first-order valence-corrected chi connectivity index (χ1v) is 11.3. The van der Waals surface area contributed by atoms with Crippen molar-refractivity contribution in [2.45, 2.75) is 17.9 Å². The van der Waals surface area contributed by atoms with Crippen LogP contribution in [0.25, 0.3) is 0 Å². The van der Waals surface area contributed by atoms with E-state index in [1.54, 1.807) is 30.0 Å². The quantitative estimate of drug-likeness (QED) is 0.765. The van der Waals surface area contributed by atoms with Gasteiger partial charge in [0.15, 0.2) is 11.5 Å². The SMILES string of the molecule is Cc1cc(Cl)ccc1NS(=O)(=O)c1ccc2c(c1)OC[C@@H](C(=O)N1CCOCC1)O2. The predicted octanol–water partition coefficient (Wildman–Crippen LogP) is 2.45. The van der Waals surface area contributed by atoms with Crippen LogP contribution in [-0.2, 0) is 19.6 Å². The van der Waals surface area contributed by atoms with E-state index in [9.17, 15) is 13.2 Å². The maximum Gasteiger partial charge on any atom is 0.267 e. The van der Waals surface area contributed by atoms with Crippen LogP contribution in [0.4, 0.5) is 5.69 Å². The molecule has 2 aliphatic rings. The Morgan fingerprint density at radius 3 is 2.63 bits per heavy atom. The number of ether oxygens (including phenoxy) is 3. The Kier molecular flexibility index (Phi) is 5.77. The van der Waals surface area contributed by atoms with E-state index in [-0.39, 0.29) is 23.2 Å². The monoisotopic (exact) mass is 452 g/mol. The van der Waals surface area contributed by atoms with Crippen molar-refractivity contribution in [2.24, 2.45) is 0 Å². The fraction of sp³-hybridized carbons (Fsp3) is 0.350. The Hall–Kier alpha value is -2.49. The highest BCUT2D eigenvalue weighted by molar-refractivity contribution is 7.92. The van der Waals surface area contributed by atoms with E-state index in [0.717, 1.165) is 0 Å². The van der Waals surface area contributed by atoms with Crippen molar-refractivity contribution in [1.29, 1.82) is 0 Å². The Labute approximate surface area is 179 Å². The summed E-state index contributed by atoms with van der Waals surface area (Å²) in [4.78, 5) is 14.3. The van der Waals surface area contributed by atoms with Crippen molar-refractivity contribution < 1.29 is 27.4 Å². The molecule has 0 aliphatic carbocycles. The summed E-state index contributed by atoms with van der Waals surface area (Å²) in [5, 5.41) is 0.524. The van der Waals surface area contributed by atoms with E-state index >= 15 is 0 Å². The average molecular weight is 453 g/mol. The number of aryl methyl sites for hydroxylation is 1. The van der Waals surface area contributed by atoms with Crippen molar-refractivity contribution in [3.63, 3.8) is 0 Å². The predicted molar refractivity (Wildman–Crippen MR) is 111 cm³/mol. The van der Waals surface area contributed by atoms with Crippen LogP contribution in [0.1, 0.15) is 5.56 Å². The number of halogens is 1. The van der Waals surface area contributed by atoms with Gasteiger partial charge in [0.05, 0.1) is 23.8 Å². The molecule has 10 heteroatoms. The molecule has 1 fully saturated rings. The van der Waals surface area contributed by atoms with Crippen LogP contribution < -0.4 is 14.2 Å². The number of carbonyl (C=O) groups excluding carboxylic acids is 1. The molecule has 2 aromatic rings. The fourth-order valence-corrected chi connectivity index (χ4v) is 4.65. The number of sulfonamides is 1. The van der Waals surface area contributed by atoms with E-state index in [4.69, 9.17) is 25.8 Å². The van der Waals surface area contributed by atoms with Gasteiger partial charge in [-0.3, -0.25) is 9.52 Å². The lowest BCUT2D eigenvalue weighted by Crippen LogP contribution is -2.50. The van der Waals surface area contributed by atoms with Crippen LogP contribution in [0.2, 0.25) is 5.02 Å². The first-order chi connectivity index (χ1) is 14.3. The Bertz CT molecular complexity index is 1070. The lowest BCUT2D eigenvalue weighted by molar-refractivity contribution is -0.145. The van der Waals surface area contributed by atoms with Crippen LogP contribution in [0.3, 0.4) is 0 Å². The van der Waals surface area contributed by atoms with E-state index in [0.29, 0.717) is 48.3 Å². The zero-order valence-electron chi connectivity index (χ0n) is 16.3. The minimum atomic E-state index is -3.85. The molecule has 0 saturated carbocycles. The molecular weight excluding hydrogens is 432 g/mol. The number of anilines is 1.